The molecule has 0 spiro atoms. The van der Waals surface area contributed by atoms with Gasteiger partial charge in [0.05, 0.1) is 29.7 Å². The van der Waals surface area contributed by atoms with E-state index < -0.39 is 104 Å². The molecule has 2 heterocycles. The van der Waals surface area contributed by atoms with Gasteiger partial charge in [-0.2, -0.15) is 0 Å². The van der Waals surface area contributed by atoms with Crippen molar-refractivity contribution in [1.82, 2.24) is 0 Å². The summed E-state index contributed by atoms with van der Waals surface area (Å²) in [4.78, 5) is 52.6. The maximum atomic E-state index is 15.3. The van der Waals surface area contributed by atoms with E-state index in [0.717, 1.165) is 10.6 Å². The number of fused-ring (bicyclic) bond motifs is 4. The lowest BCUT2D eigenvalue weighted by Gasteiger charge is -2.50. The minimum atomic E-state index is -2.78. The molecule has 9 nitrogen and oxygen atoms in total. The molecule has 6 unspecified atom stereocenters. The molecular formula is C39H25Cl3F5N3O6. The van der Waals surface area contributed by atoms with E-state index in [9.17, 15) is 37.5 Å². The highest BCUT2D eigenvalue weighted by Crippen LogP contribution is 2.66. The van der Waals surface area contributed by atoms with E-state index >= 15 is 8.78 Å². The number of allylic oxidation sites excluding steroid dienone is 2. The van der Waals surface area contributed by atoms with Crippen LogP contribution in [0.1, 0.15) is 24.3 Å². The molecule has 2 aliphatic heterocycles. The number of methoxy groups -OCH3 is 1. The third-order valence-electron chi connectivity index (χ3n) is 11.0. The van der Waals surface area contributed by atoms with Gasteiger partial charge >= 0.3 is 0 Å². The average Bonchev–Trinajstić information content (AvgIpc) is 3.52. The molecular weight excluding hydrogens is 808 g/mol. The Morgan fingerprint density at radius 1 is 0.786 bits per heavy atom. The van der Waals surface area contributed by atoms with Crippen LogP contribution in [0.4, 0.5) is 44.7 Å². The highest BCUT2D eigenvalue weighted by molar-refractivity contribution is 6.58. The molecule has 3 fully saturated rings. The number of alkyl halides is 2. The van der Waals surface area contributed by atoms with Gasteiger partial charge < -0.3 is 15.2 Å². The Labute approximate surface area is 329 Å². The molecule has 0 radical (unpaired) electrons. The number of hydrogen-bond acceptors (Lipinski definition) is 7. The maximum Gasteiger partial charge on any atom is 0.258 e. The molecule has 2 saturated heterocycles. The van der Waals surface area contributed by atoms with E-state index in [1.165, 1.54) is 19.2 Å². The van der Waals surface area contributed by atoms with Gasteiger partial charge in [-0.3, -0.25) is 24.1 Å². The quantitative estimate of drug-likeness (QED) is 0.0502. The summed E-state index contributed by atoms with van der Waals surface area (Å²) in [5, 5.41) is 13.4. The van der Waals surface area contributed by atoms with E-state index in [1.54, 1.807) is 30.3 Å². The number of ether oxygens (including phenoxy) is 1. The van der Waals surface area contributed by atoms with Gasteiger partial charge in [0.2, 0.25) is 17.6 Å². The number of rotatable bonds is 6. The molecule has 8 rings (SSSR count). The number of imide groups is 2. The van der Waals surface area contributed by atoms with E-state index in [2.05, 4.69) is 5.32 Å². The van der Waals surface area contributed by atoms with Crippen LogP contribution in [0.25, 0.3) is 0 Å². The molecule has 1 saturated carbocycles. The molecule has 2 N–H and O–H groups in total. The summed E-state index contributed by atoms with van der Waals surface area (Å²) in [6.45, 7) is 0. The SMILES string of the molecule is COc1cc(C2C3=CCC4C(=O)N(c5ccc(Nc6ccccc6)cc5)C(=O)C4C3CC3(Cl)C(=O)N(c4c(F)c(F)c(F)c(F)c4F)C(=O)C23Cl)cc(Cl)c1O. The van der Waals surface area contributed by atoms with Crippen LogP contribution >= 0.6 is 34.8 Å². The Hall–Kier alpha value is -5.18. The lowest BCUT2D eigenvalue weighted by molar-refractivity contribution is -0.125. The first-order valence-electron chi connectivity index (χ1n) is 16.9. The van der Waals surface area contributed by atoms with Gasteiger partial charge in [0.1, 0.15) is 5.69 Å². The summed E-state index contributed by atoms with van der Waals surface area (Å²) in [6.07, 6.45) is 0.787. The van der Waals surface area contributed by atoms with Crippen LogP contribution in [0.2, 0.25) is 5.02 Å². The zero-order valence-corrected chi connectivity index (χ0v) is 30.8. The van der Waals surface area contributed by atoms with E-state index in [1.807, 2.05) is 30.3 Å². The number of hydrogen-bond donors (Lipinski definition) is 2. The topological polar surface area (TPSA) is 116 Å². The van der Waals surface area contributed by atoms with Gasteiger partial charge in [-0.05, 0) is 72.9 Å². The first-order chi connectivity index (χ1) is 26.6. The Morgan fingerprint density at radius 2 is 1.39 bits per heavy atom. The number of amides is 4. The minimum Gasteiger partial charge on any atom is -0.503 e. The zero-order chi connectivity index (χ0) is 40.2. The normalized spacial score (nSPS) is 26.9. The highest BCUT2D eigenvalue weighted by atomic mass is 35.5. The van der Waals surface area contributed by atoms with Crippen molar-refractivity contribution in [2.24, 2.45) is 17.8 Å². The predicted molar refractivity (Wildman–Crippen MR) is 195 cm³/mol. The molecule has 4 aromatic rings. The Kier molecular flexibility index (Phi) is 8.90. The van der Waals surface area contributed by atoms with Crippen molar-refractivity contribution in [2.45, 2.75) is 28.5 Å². The number of para-hydroxylation sites is 1. The molecule has 56 heavy (non-hydrogen) atoms. The molecule has 0 aromatic heterocycles. The van der Waals surface area contributed by atoms with Crippen LogP contribution in [0.15, 0.2) is 78.4 Å². The summed E-state index contributed by atoms with van der Waals surface area (Å²) in [6, 6.07) is 18.1. The fraction of sp³-hybridized carbons (Fsp3) is 0.231. The van der Waals surface area contributed by atoms with E-state index in [-0.39, 0.29) is 38.9 Å². The lowest BCUT2D eigenvalue weighted by Crippen LogP contribution is -2.60. The van der Waals surface area contributed by atoms with Crippen molar-refractivity contribution < 1.29 is 51.0 Å². The number of phenols is 1. The van der Waals surface area contributed by atoms with Crippen LogP contribution in [0.3, 0.4) is 0 Å². The number of nitrogens with one attached hydrogen (secondary N) is 1. The van der Waals surface area contributed by atoms with Crippen LogP contribution in [0.5, 0.6) is 11.5 Å². The van der Waals surface area contributed by atoms with Gasteiger partial charge in [-0.1, -0.05) is 41.4 Å². The fourth-order valence-corrected chi connectivity index (χ4v) is 9.65. The monoisotopic (exact) mass is 831 g/mol. The lowest BCUT2D eigenvalue weighted by atomic mass is 9.56. The van der Waals surface area contributed by atoms with Crippen molar-refractivity contribution in [3.05, 3.63) is 118 Å². The third-order valence-corrected chi connectivity index (χ3v) is 12.7. The van der Waals surface area contributed by atoms with Gasteiger partial charge in [0.25, 0.3) is 11.8 Å². The summed E-state index contributed by atoms with van der Waals surface area (Å²) in [5.74, 6) is -22.7. The van der Waals surface area contributed by atoms with E-state index in [4.69, 9.17) is 39.5 Å². The number of benzene rings is 4. The maximum absolute atomic E-state index is 15.3. The van der Waals surface area contributed by atoms with Gasteiger partial charge in [0.15, 0.2) is 44.5 Å². The molecule has 6 atom stereocenters. The third kappa shape index (κ3) is 5.11. The van der Waals surface area contributed by atoms with Crippen LogP contribution in [0, 0.1) is 46.8 Å². The fourth-order valence-electron chi connectivity index (χ4n) is 8.49. The molecule has 17 heteroatoms. The van der Waals surface area contributed by atoms with Crippen LogP contribution in [-0.4, -0.2) is 45.6 Å². The number of aromatic hydroxyl groups is 1. The highest BCUT2D eigenvalue weighted by Gasteiger charge is 2.77. The smallest absolute Gasteiger partial charge is 0.258 e. The standard InChI is InChI=1S/C39H25Cl3F5N3O6/c1-56-24-14-16(13-23(40)33(24)51)26-20-11-12-21-25(35(53)49(34(21)52)19-9-7-18(8-10-19)48-17-5-3-2-4-6-17)22(20)15-38(41)36(54)50(37(55)39(26,38)42)32-30(46)28(44)27(43)29(45)31(32)47/h2-11,13-14,21-22,25-26,48,51H,12,15H2,1H3. The largest absolute Gasteiger partial charge is 0.503 e. The number of nitrogens with zero attached hydrogens (tertiary/aromatic N) is 2. The first kappa shape index (κ1) is 37.7. The van der Waals surface area contributed by atoms with Crippen molar-refractivity contribution in [3.8, 4) is 11.5 Å². The Bertz CT molecular complexity index is 2410. The molecule has 0 bridgehead atoms. The Balaban J connectivity index is 1.25. The first-order valence-corrected chi connectivity index (χ1v) is 18.0. The van der Waals surface area contributed by atoms with Crippen molar-refractivity contribution >= 4 is 81.2 Å². The van der Waals surface area contributed by atoms with Crippen LogP contribution in [-0.2, 0) is 19.2 Å². The van der Waals surface area contributed by atoms with Gasteiger partial charge in [-0.15, -0.1) is 23.2 Å². The number of anilines is 4. The minimum absolute atomic E-state index is 0.0328. The Morgan fingerprint density at radius 3 is 2.02 bits per heavy atom. The zero-order valence-electron chi connectivity index (χ0n) is 28.6. The predicted octanol–water partition coefficient (Wildman–Crippen LogP) is 8.26. The summed E-state index contributed by atoms with van der Waals surface area (Å²) >= 11 is 20.7. The van der Waals surface area contributed by atoms with Gasteiger partial charge in [0, 0.05) is 17.3 Å². The summed E-state index contributed by atoms with van der Waals surface area (Å²) in [5.41, 5.74) is -0.0506. The molecule has 2 aliphatic carbocycles. The number of carbonyl (C=O) groups excluding carboxylic acids is 4. The summed E-state index contributed by atoms with van der Waals surface area (Å²) < 4.78 is 79.1. The van der Waals surface area contributed by atoms with Crippen molar-refractivity contribution in [2.75, 3.05) is 22.2 Å². The van der Waals surface area contributed by atoms with Gasteiger partial charge in [-0.25, -0.2) is 26.9 Å². The molecule has 4 aliphatic rings. The van der Waals surface area contributed by atoms with Crippen LogP contribution < -0.4 is 19.9 Å². The molecule has 4 aromatic carbocycles. The second kappa shape index (κ2) is 13.2. The van der Waals surface area contributed by atoms with Crippen molar-refractivity contribution in [3.63, 3.8) is 0 Å². The second-order valence-electron chi connectivity index (χ2n) is 13.8. The number of phenolic OH excluding ortho intramolecular Hbond substituents is 1. The molecule has 4 amide bonds. The second-order valence-corrected chi connectivity index (χ2v) is 15.4. The molecule has 288 valence electrons. The average molecular weight is 833 g/mol. The van der Waals surface area contributed by atoms with E-state index in [0.29, 0.717) is 5.69 Å². The number of halogens is 8. The number of carbonyl (C=O) groups is 4. The van der Waals surface area contributed by atoms with Crippen molar-refractivity contribution in [1.29, 1.82) is 0 Å². The summed E-state index contributed by atoms with van der Waals surface area (Å²) in [7, 11) is 1.18.